The fourth-order valence-electron chi connectivity index (χ4n) is 3.95. The third kappa shape index (κ3) is 5.60. The Kier molecular flexibility index (Phi) is 7.10. The maximum Gasteiger partial charge on any atom is 0.258 e. The number of rotatable bonds is 8. The van der Waals surface area contributed by atoms with Crippen LogP contribution in [0.4, 0.5) is 0 Å². The Morgan fingerprint density at radius 3 is 2.70 bits per heavy atom. The van der Waals surface area contributed by atoms with E-state index in [2.05, 4.69) is 0 Å². The van der Waals surface area contributed by atoms with Crippen LogP contribution < -0.4 is 4.74 Å². The lowest BCUT2D eigenvalue weighted by Crippen LogP contribution is -2.40. The average Bonchev–Trinajstić information content (AvgIpc) is 3.42. The van der Waals surface area contributed by atoms with Gasteiger partial charge in [-0.2, -0.15) is 0 Å². The van der Waals surface area contributed by atoms with Gasteiger partial charge in [-0.1, -0.05) is 42.8 Å². The van der Waals surface area contributed by atoms with Gasteiger partial charge < -0.3 is 14.1 Å². The molecule has 1 aromatic heterocycles. The van der Waals surface area contributed by atoms with Crippen LogP contribution in [-0.2, 0) is 16.4 Å². The van der Waals surface area contributed by atoms with Crippen molar-refractivity contribution in [1.29, 1.82) is 0 Å². The lowest BCUT2D eigenvalue weighted by Gasteiger charge is -2.28. The zero-order chi connectivity index (χ0) is 23.4. The molecule has 33 heavy (non-hydrogen) atoms. The van der Waals surface area contributed by atoms with Crippen LogP contribution >= 0.6 is 11.6 Å². The molecule has 0 spiro atoms. The highest BCUT2D eigenvalue weighted by Crippen LogP contribution is 2.29. The second-order valence-electron chi connectivity index (χ2n) is 8.11. The molecule has 3 aromatic rings. The van der Waals surface area contributed by atoms with E-state index in [1.54, 1.807) is 41.3 Å². The first-order chi connectivity index (χ1) is 15.9. The molecule has 0 unspecified atom stereocenters. The van der Waals surface area contributed by atoms with E-state index in [9.17, 15) is 13.2 Å². The van der Waals surface area contributed by atoms with Gasteiger partial charge in [0.15, 0.2) is 9.84 Å². The first-order valence-electron chi connectivity index (χ1n) is 10.9. The number of amides is 1. The largest absolute Gasteiger partial charge is 0.493 e. The summed E-state index contributed by atoms with van der Waals surface area (Å²) >= 11 is 6.10. The van der Waals surface area contributed by atoms with E-state index in [4.69, 9.17) is 20.8 Å². The minimum atomic E-state index is -3.19. The number of ether oxygens (including phenoxy) is 1. The van der Waals surface area contributed by atoms with E-state index >= 15 is 0 Å². The normalized spacial score (nSPS) is 17.1. The van der Waals surface area contributed by atoms with Crippen molar-refractivity contribution in [3.8, 4) is 17.1 Å². The molecule has 1 aliphatic rings. The molecular formula is C25H26ClNO5S. The summed E-state index contributed by atoms with van der Waals surface area (Å²) in [6.45, 7) is 2.64. The van der Waals surface area contributed by atoms with Crippen LogP contribution in [0.5, 0.6) is 5.75 Å². The Labute approximate surface area is 199 Å². The standard InChI is InChI=1S/C25H26ClNO5S/c1-2-13-31-24-9-4-3-8-22(24)25(28)27(20-12-14-33(29,30)17-20)16-21-10-11-23(32-21)18-6-5-7-19(26)15-18/h3-11,15,20H,2,12-14,16-17H2,1H3/t20-/m1/s1. The molecule has 2 heterocycles. The number of halogens is 1. The summed E-state index contributed by atoms with van der Waals surface area (Å²) in [6.07, 6.45) is 1.21. The Morgan fingerprint density at radius 2 is 1.97 bits per heavy atom. The van der Waals surface area contributed by atoms with Gasteiger partial charge in [-0.15, -0.1) is 0 Å². The Hall–Kier alpha value is -2.77. The highest BCUT2D eigenvalue weighted by Gasteiger charge is 2.36. The molecule has 6 nitrogen and oxygen atoms in total. The van der Waals surface area contributed by atoms with Gasteiger partial charge in [-0.25, -0.2) is 8.42 Å². The van der Waals surface area contributed by atoms with Crippen molar-refractivity contribution in [3.63, 3.8) is 0 Å². The molecule has 1 atom stereocenters. The van der Waals surface area contributed by atoms with Gasteiger partial charge in [0.1, 0.15) is 17.3 Å². The first-order valence-corrected chi connectivity index (χ1v) is 13.1. The number of hydrogen-bond donors (Lipinski definition) is 0. The van der Waals surface area contributed by atoms with Crippen LogP contribution in [0.1, 0.15) is 35.9 Å². The second kappa shape index (κ2) is 10.0. The number of furan rings is 1. The van der Waals surface area contributed by atoms with E-state index in [1.807, 2.05) is 31.2 Å². The van der Waals surface area contributed by atoms with Crippen molar-refractivity contribution in [2.24, 2.45) is 0 Å². The molecule has 0 radical (unpaired) electrons. The van der Waals surface area contributed by atoms with E-state index in [-0.39, 0.29) is 24.0 Å². The molecule has 0 aliphatic carbocycles. The number of hydrogen-bond acceptors (Lipinski definition) is 5. The van der Waals surface area contributed by atoms with E-state index < -0.39 is 15.9 Å². The SMILES string of the molecule is CCCOc1ccccc1C(=O)N(Cc1ccc(-c2cccc(Cl)c2)o1)[C@@H]1CCS(=O)(=O)C1. The first kappa shape index (κ1) is 23.4. The van der Waals surface area contributed by atoms with Crippen molar-refractivity contribution in [3.05, 3.63) is 77.0 Å². The molecule has 0 saturated carbocycles. The highest BCUT2D eigenvalue weighted by atomic mass is 35.5. The lowest BCUT2D eigenvalue weighted by molar-refractivity contribution is 0.0662. The number of carbonyl (C=O) groups excluding carboxylic acids is 1. The maximum atomic E-state index is 13.6. The molecule has 4 rings (SSSR count). The summed E-state index contributed by atoms with van der Waals surface area (Å²) in [5.41, 5.74) is 1.24. The van der Waals surface area contributed by atoms with E-state index in [0.717, 1.165) is 12.0 Å². The van der Waals surface area contributed by atoms with Crippen molar-refractivity contribution < 1.29 is 22.4 Å². The minimum absolute atomic E-state index is 0.0570. The summed E-state index contributed by atoms with van der Waals surface area (Å²) in [7, 11) is -3.19. The van der Waals surface area contributed by atoms with E-state index in [1.165, 1.54) is 0 Å². The minimum Gasteiger partial charge on any atom is -0.493 e. The van der Waals surface area contributed by atoms with Gasteiger partial charge in [0.05, 0.1) is 30.2 Å². The molecule has 2 aromatic carbocycles. The summed E-state index contributed by atoms with van der Waals surface area (Å²) in [5.74, 6) is 1.43. The quantitative estimate of drug-likeness (QED) is 0.435. The lowest BCUT2D eigenvalue weighted by atomic mass is 10.1. The Morgan fingerprint density at radius 1 is 1.15 bits per heavy atom. The highest BCUT2D eigenvalue weighted by molar-refractivity contribution is 7.91. The van der Waals surface area contributed by atoms with Gasteiger partial charge >= 0.3 is 0 Å². The van der Waals surface area contributed by atoms with Crippen LogP contribution in [0.15, 0.2) is 65.1 Å². The third-order valence-electron chi connectivity index (χ3n) is 5.59. The molecule has 1 saturated heterocycles. The molecule has 1 aliphatic heterocycles. The van der Waals surface area contributed by atoms with Gasteiger partial charge in [0, 0.05) is 16.6 Å². The molecule has 174 valence electrons. The van der Waals surface area contributed by atoms with Crippen LogP contribution in [0.25, 0.3) is 11.3 Å². The van der Waals surface area contributed by atoms with E-state index in [0.29, 0.717) is 40.9 Å². The summed E-state index contributed by atoms with van der Waals surface area (Å²) < 4.78 is 36.2. The van der Waals surface area contributed by atoms with Crippen molar-refractivity contribution in [2.75, 3.05) is 18.1 Å². The predicted octanol–water partition coefficient (Wildman–Crippen LogP) is 5.22. The predicted molar refractivity (Wildman–Crippen MR) is 128 cm³/mol. The molecular weight excluding hydrogens is 462 g/mol. The zero-order valence-corrected chi connectivity index (χ0v) is 19.9. The Bertz CT molecular complexity index is 1240. The number of nitrogens with zero attached hydrogens (tertiary/aromatic N) is 1. The monoisotopic (exact) mass is 487 g/mol. The number of benzene rings is 2. The van der Waals surface area contributed by atoms with Crippen molar-refractivity contribution >= 4 is 27.3 Å². The van der Waals surface area contributed by atoms with Gasteiger partial charge in [-0.3, -0.25) is 4.79 Å². The van der Waals surface area contributed by atoms with Crippen molar-refractivity contribution in [2.45, 2.75) is 32.4 Å². The van der Waals surface area contributed by atoms with Crippen LogP contribution in [0.2, 0.25) is 5.02 Å². The van der Waals surface area contributed by atoms with Gasteiger partial charge in [0.25, 0.3) is 5.91 Å². The fraction of sp³-hybridized carbons (Fsp3) is 0.320. The summed E-state index contributed by atoms with van der Waals surface area (Å²) in [5, 5.41) is 0.599. The molecule has 8 heteroatoms. The molecule has 1 fully saturated rings. The fourth-order valence-corrected chi connectivity index (χ4v) is 5.87. The molecule has 0 N–H and O–H groups in total. The number of para-hydroxylation sites is 1. The van der Waals surface area contributed by atoms with Crippen LogP contribution in [-0.4, -0.2) is 43.4 Å². The van der Waals surface area contributed by atoms with Crippen LogP contribution in [0.3, 0.4) is 0 Å². The smallest absolute Gasteiger partial charge is 0.258 e. The second-order valence-corrected chi connectivity index (χ2v) is 10.8. The van der Waals surface area contributed by atoms with Gasteiger partial charge in [0.2, 0.25) is 0 Å². The zero-order valence-electron chi connectivity index (χ0n) is 18.4. The summed E-state index contributed by atoms with van der Waals surface area (Å²) in [4.78, 5) is 15.2. The molecule has 1 amide bonds. The summed E-state index contributed by atoms with van der Waals surface area (Å²) in [6, 6.07) is 17.6. The maximum absolute atomic E-state index is 13.6. The topological polar surface area (TPSA) is 76.8 Å². The van der Waals surface area contributed by atoms with Crippen LogP contribution in [0, 0.1) is 0 Å². The Balaban J connectivity index is 1.64. The third-order valence-corrected chi connectivity index (χ3v) is 7.57. The number of sulfone groups is 1. The van der Waals surface area contributed by atoms with Gasteiger partial charge in [-0.05, 0) is 49.2 Å². The number of carbonyl (C=O) groups is 1. The molecule has 0 bridgehead atoms. The average molecular weight is 488 g/mol. The van der Waals surface area contributed by atoms with Crippen molar-refractivity contribution in [1.82, 2.24) is 4.90 Å².